The van der Waals surface area contributed by atoms with Gasteiger partial charge in [0.1, 0.15) is 23.2 Å². The number of anilines is 3. The fourth-order valence-electron chi connectivity index (χ4n) is 4.04. The quantitative estimate of drug-likeness (QED) is 0.835. The third-order valence-electron chi connectivity index (χ3n) is 5.81. The number of benzene rings is 1. The lowest BCUT2D eigenvalue weighted by Gasteiger charge is -2.35. The van der Waals surface area contributed by atoms with Crippen LogP contribution in [0.5, 0.6) is 5.75 Å². The first-order valence-corrected chi connectivity index (χ1v) is 10.6. The van der Waals surface area contributed by atoms with Crippen molar-refractivity contribution in [2.45, 2.75) is 26.7 Å². The van der Waals surface area contributed by atoms with E-state index in [2.05, 4.69) is 31.2 Å². The van der Waals surface area contributed by atoms with Gasteiger partial charge in [0.05, 0.1) is 7.11 Å². The smallest absolute Gasteiger partial charge is 0.321 e. The monoisotopic (exact) mass is 410 g/mol. The molecule has 0 radical (unpaired) electrons. The predicted octanol–water partition coefficient (Wildman–Crippen LogP) is 3.06. The third-order valence-corrected chi connectivity index (χ3v) is 5.81. The van der Waals surface area contributed by atoms with Gasteiger partial charge in [-0.05, 0) is 50.5 Å². The van der Waals surface area contributed by atoms with E-state index in [4.69, 9.17) is 4.74 Å². The van der Waals surface area contributed by atoms with E-state index >= 15 is 0 Å². The van der Waals surface area contributed by atoms with Gasteiger partial charge in [-0.25, -0.2) is 14.8 Å². The van der Waals surface area contributed by atoms with Gasteiger partial charge in [-0.1, -0.05) is 0 Å². The van der Waals surface area contributed by atoms with E-state index in [1.807, 2.05) is 36.9 Å². The van der Waals surface area contributed by atoms with Crippen LogP contribution in [0, 0.1) is 13.8 Å². The summed E-state index contributed by atoms with van der Waals surface area (Å²) < 4.78 is 5.23. The molecule has 1 N–H and O–H groups in total. The maximum Gasteiger partial charge on any atom is 0.321 e. The van der Waals surface area contributed by atoms with Gasteiger partial charge in [0.25, 0.3) is 0 Å². The highest BCUT2D eigenvalue weighted by atomic mass is 16.5. The highest BCUT2D eigenvalue weighted by molar-refractivity contribution is 5.90. The summed E-state index contributed by atoms with van der Waals surface area (Å²) in [5.74, 6) is 3.55. The van der Waals surface area contributed by atoms with Gasteiger partial charge in [-0.15, -0.1) is 0 Å². The van der Waals surface area contributed by atoms with E-state index < -0.39 is 0 Å². The van der Waals surface area contributed by atoms with Gasteiger partial charge >= 0.3 is 6.03 Å². The molecule has 2 fully saturated rings. The number of urea groups is 1. The van der Waals surface area contributed by atoms with Crippen LogP contribution in [-0.2, 0) is 0 Å². The molecular formula is C22H30N6O2. The minimum absolute atomic E-state index is 0.0699. The van der Waals surface area contributed by atoms with Crippen molar-refractivity contribution in [1.29, 1.82) is 0 Å². The molecule has 2 aliphatic rings. The Labute approximate surface area is 177 Å². The number of carbonyl (C=O) groups excluding carboxylic acids is 1. The van der Waals surface area contributed by atoms with Crippen LogP contribution in [0.1, 0.15) is 24.2 Å². The lowest BCUT2D eigenvalue weighted by atomic mass is 10.2. The van der Waals surface area contributed by atoms with E-state index in [-0.39, 0.29) is 6.03 Å². The topological polar surface area (TPSA) is 73.8 Å². The molecule has 1 aromatic carbocycles. The maximum atomic E-state index is 12.7. The molecule has 1 aromatic heterocycles. The predicted molar refractivity (Wildman–Crippen MR) is 119 cm³/mol. The molecule has 8 nitrogen and oxygen atoms in total. The molecule has 3 heterocycles. The Morgan fingerprint density at radius 2 is 1.57 bits per heavy atom. The van der Waals surface area contributed by atoms with Gasteiger partial charge < -0.3 is 24.8 Å². The summed E-state index contributed by atoms with van der Waals surface area (Å²) in [6.07, 6.45) is 2.44. The van der Waals surface area contributed by atoms with Crippen molar-refractivity contribution in [3.8, 4) is 5.75 Å². The molecule has 0 spiro atoms. The van der Waals surface area contributed by atoms with Crippen molar-refractivity contribution in [3.05, 3.63) is 35.7 Å². The van der Waals surface area contributed by atoms with E-state index in [1.54, 1.807) is 7.11 Å². The molecule has 2 saturated heterocycles. The Bertz CT molecular complexity index is 904. The van der Waals surface area contributed by atoms with Crippen LogP contribution >= 0.6 is 0 Å². The molecule has 8 heteroatoms. The summed E-state index contributed by atoms with van der Waals surface area (Å²) >= 11 is 0. The van der Waals surface area contributed by atoms with Gasteiger partial charge in [-0.2, -0.15) is 0 Å². The zero-order chi connectivity index (χ0) is 21.1. The standard InChI is InChI=1S/C22H30N6O2/c1-16-14-18(30-3)6-7-19(16)25-22(29)28-12-10-27(11-13-28)21-15-20(23-17(2)24-21)26-8-4-5-9-26/h6-7,14-15H,4-5,8-13H2,1-3H3,(H,25,29). The van der Waals surface area contributed by atoms with Gasteiger partial charge in [0.2, 0.25) is 0 Å². The number of piperazine rings is 1. The van der Waals surface area contributed by atoms with Crippen LogP contribution in [0.3, 0.4) is 0 Å². The van der Waals surface area contributed by atoms with E-state index in [0.717, 1.165) is 60.6 Å². The molecule has 4 rings (SSSR count). The summed E-state index contributed by atoms with van der Waals surface area (Å²) in [6.45, 7) is 8.86. The van der Waals surface area contributed by atoms with E-state index in [0.29, 0.717) is 13.1 Å². The van der Waals surface area contributed by atoms with E-state index in [1.165, 1.54) is 12.8 Å². The number of ether oxygens (including phenoxy) is 1. The number of aryl methyl sites for hydroxylation is 2. The molecule has 0 unspecified atom stereocenters. The Hall–Kier alpha value is -3.03. The first-order chi connectivity index (χ1) is 14.5. The fourth-order valence-corrected chi connectivity index (χ4v) is 4.04. The SMILES string of the molecule is COc1ccc(NC(=O)N2CCN(c3cc(N4CCCC4)nc(C)n3)CC2)c(C)c1. The van der Waals surface area contributed by atoms with Gasteiger partial charge in [0, 0.05) is 51.0 Å². The second kappa shape index (κ2) is 8.77. The number of aromatic nitrogens is 2. The van der Waals surface area contributed by atoms with Crippen molar-refractivity contribution in [2.75, 3.05) is 61.5 Å². The average Bonchev–Trinajstić information content (AvgIpc) is 3.30. The molecule has 30 heavy (non-hydrogen) atoms. The molecule has 0 aliphatic carbocycles. The Kier molecular flexibility index (Phi) is 5.92. The number of nitrogens with zero attached hydrogens (tertiary/aromatic N) is 5. The van der Waals surface area contributed by atoms with Crippen molar-refractivity contribution in [1.82, 2.24) is 14.9 Å². The third kappa shape index (κ3) is 4.42. The largest absolute Gasteiger partial charge is 0.497 e. The minimum atomic E-state index is -0.0699. The molecule has 2 aromatic rings. The molecule has 0 atom stereocenters. The Morgan fingerprint density at radius 3 is 2.17 bits per heavy atom. The van der Waals surface area contributed by atoms with Crippen LogP contribution in [0.15, 0.2) is 24.3 Å². The summed E-state index contributed by atoms with van der Waals surface area (Å²) in [7, 11) is 1.64. The van der Waals surface area contributed by atoms with Crippen molar-refractivity contribution in [3.63, 3.8) is 0 Å². The summed E-state index contributed by atoms with van der Waals surface area (Å²) in [6, 6.07) is 7.68. The second-order valence-corrected chi connectivity index (χ2v) is 7.91. The highest BCUT2D eigenvalue weighted by Crippen LogP contribution is 2.24. The summed E-state index contributed by atoms with van der Waals surface area (Å²) in [4.78, 5) is 28.4. The van der Waals surface area contributed by atoms with Crippen LogP contribution in [-0.4, -0.2) is 67.3 Å². The number of hydrogen-bond acceptors (Lipinski definition) is 6. The number of methoxy groups -OCH3 is 1. The molecule has 2 aliphatic heterocycles. The van der Waals surface area contributed by atoms with Crippen molar-refractivity contribution in [2.24, 2.45) is 0 Å². The molecular weight excluding hydrogens is 380 g/mol. The van der Waals surface area contributed by atoms with Crippen LogP contribution < -0.4 is 19.9 Å². The summed E-state index contributed by atoms with van der Waals surface area (Å²) in [5, 5.41) is 3.02. The van der Waals surface area contributed by atoms with Crippen LogP contribution in [0.4, 0.5) is 22.1 Å². The van der Waals surface area contributed by atoms with Crippen molar-refractivity contribution < 1.29 is 9.53 Å². The van der Waals surface area contributed by atoms with Gasteiger partial charge in [0.15, 0.2) is 0 Å². The van der Waals surface area contributed by atoms with E-state index in [9.17, 15) is 4.79 Å². The molecule has 0 saturated carbocycles. The first kappa shape index (κ1) is 20.3. The molecule has 160 valence electrons. The first-order valence-electron chi connectivity index (χ1n) is 10.6. The highest BCUT2D eigenvalue weighted by Gasteiger charge is 2.24. The lowest BCUT2D eigenvalue weighted by Crippen LogP contribution is -2.50. The van der Waals surface area contributed by atoms with Crippen LogP contribution in [0.25, 0.3) is 0 Å². The number of rotatable bonds is 4. The zero-order valence-electron chi connectivity index (χ0n) is 18.0. The minimum Gasteiger partial charge on any atom is -0.497 e. The maximum absolute atomic E-state index is 12.7. The lowest BCUT2D eigenvalue weighted by molar-refractivity contribution is 0.208. The number of carbonyl (C=O) groups is 1. The average molecular weight is 411 g/mol. The van der Waals surface area contributed by atoms with Crippen molar-refractivity contribution >= 4 is 23.4 Å². The second-order valence-electron chi connectivity index (χ2n) is 7.91. The Balaban J connectivity index is 1.37. The normalized spacial score (nSPS) is 16.7. The molecule has 0 bridgehead atoms. The van der Waals surface area contributed by atoms with Gasteiger partial charge in [-0.3, -0.25) is 0 Å². The zero-order valence-corrected chi connectivity index (χ0v) is 18.0. The molecule has 2 amide bonds. The number of nitrogens with one attached hydrogen (secondary N) is 1. The Morgan fingerprint density at radius 1 is 0.933 bits per heavy atom. The van der Waals surface area contributed by atoms with Crippen LogP contribution in [0.2, 0.25) is 0 Å². The fraction of sp³-hybridized carbons (Fsp3) is 0.500. The number of hydrogen-bond donors (Lipinski definition) is 1. The number of amides is 2. The summed E-state index contributed by atoms with van der Waals surface area (Å²) in [5.41, 5.74) is 1.79.